The van der Waals surface area contributed by atoms with Crippen molar-refractivity contribution in [2.75, 3.05) is 25.4 Å². The van der Waals surface area contributed by atoms with Crippen molar-refractivity contribution in [1.82, 2.24) is 9.62 Å². The van der Waals surface area contributed by atoms with Crippen molar-refractivity contribution in [2.24, 2.45) is 0 Å². The number of aliphatic hydroxyl groups is 1. The number of aliphatic hydroxyl groups excluding tert-OH is 1. The zero-order valence-corrected chi connectivity index (χ0v) is 11.4. The van der Waals surface area contributed by atoms with Crippen molar-refractivity contribution in [1.29, 1.82) is 0 Å². The Morgan fingerprint density at radius 2 is 2.11 bits per heavy atom. The predicted octanol–water partition coefficient (Wildman–Crippen LogP) is -0.593. The summed E-state index contributed by atoms with van der Waals surface area (Å²) in [6.45, 7) is 7.58. The standard InChI is InChI=1S/C12H18N2O4S/c1-3-4-5-10(2)6-13-19(17,18)9-12(16)14-7-11(15)8-14/h3-5,11,13,15H,1-2,6-9H2. The van der Waals surface area contributed by atoms with Gasteiger partial charge in [-0.3, -0.25) is 4.79 Å². The van der Waals surface area contributed by atoms with E-state index in [1.807, 2.05) is 0 Å². The van der Waals surface area contributed by atoms with Crippen LogP contribution in [0.1, 0.15) is 0 Å². The molecule has 0 aromatic rings. The molecule has 1 aliphatic rings. The molecular weight excluding hydrogens is 268 g/mol. The molecule has 2 N–H and O–H groups in total. The molecule has 0 atom stereocenters. The number of β-amino-alcohol motifs (C(OH)–C–C–N with tert-alkyl or cyclic N) is 1. The number of allylic oxidation sites excluding steroid dienone is 2. The molecule has 19 heavy (non-hydrogen) atoms. The quantitative estimate of drug-likeness (QED) is 0.612. The zero-order chi connectivity index (χ0) is 14.5. The molecule has 0 aromatic carbocycles. The normalized spacial score (nSPS) is 16.4. The number of amides is 1. The Morgan fingerprint density at radius 1 is 1.47 bits per heavy atom. The third-order valence-corrected chi connectivity index (χ3v) is 3.73. The third kappa shape index (κ3) is 5.37. The van der Waals surface area contributed by atoms with Gasteiger partial charge >= 0.3 is 0 Å². The first-order chi connectivity index (χ1) is 8.84. The lowest BCUT2D eigenvalue weighted by Gasteiger charge is -2.35. The van der Waals surface area contributed by atoms with Crippen LogP contribution in [0.3, 0.4) is 0 Å². The van der Waals surface area contributed by atoms with Crippen LogP contribution in [0, 0.1) is 0 Å². The van der Waals surface area contributed by atoms with Gasteiger partial charge in [0.2, 0.25) is 15.9 Å². The lowest BCUT2D eigenvalue weighted by Crippen LogP contribution is -2.55. The number of hydrogen-bond donors (Lipinski definition) is 2. The van der Waals surface area contributed by atoms with E-state index in [1.54, 1.807) is 18.2 Å². The molecule has 0 aliphatic carbocycles. The molecule has 0 saturated carbocycles. The first kappa shape index (κ1) is 15.6. The topological polar surface area (TPSA) is 86.7 Å². The molecule has 0 aromatic heterocycles. The van der Waals surface area contributed by atoms with Crippen molar-refractivity contribution < 1.29 is 18.3 Å². The Balaban J connectivity index is 2.39. The molecule has 0 spiro atoms. The van der Waals surface area contributed by atoms with Gasteiger partial charge in [0.25, 0.3) is 0 Å². The molecule has 1 fully saturated rings. The smallest absolute Gasteiger partial charge is 0.239 e. The predicted molar refractivity (Wildman–Crippen MR) is 72.9 cm³/mol. The van der Waals surface area contributed by atoms with Gasteiger partial charge in [-0.1, -0.05) is 31.4 Å². The van der Waals surface area contributed by atoms with E-state index in [4.69, 9.17) is 5.11 Å². The van der Waals surface area contributed by atoms with Gasteiger partial charge in [-0.05, 0) is 5.57 Å². The summed E-state index contributed by atoms with van der Waals surface area (Å²) >= 11 is 0. The maximum absolute atomic E-state index is 11.6. The Hall–Kier alpha value is -1.44. The van der Waals surface area contributed by atoms with Crippen LogP contribution in [-0.2, 0) is 14.8 Å². The Bertz CT molecular complexity index is 490. The van der Waals surface area contributed by atoms with Crippen molar-refractivity contribution in [3.63, 3.8) is 0 Å². The van der Waals surface area contributed by atoms with Gasteiger partial charge in [0.15, 0.2) is 0 Å². The fourth-order valence-electron chi connectivity index (χ4n) is 1.43. The van der Waals surface area contributed by atoms with Gasteiger partial charge in [0, 0.05) is 19.6 Å². The molecule has 1 aliphatic heterocycles. The number of nitrogens with one attached hydrogen (secondary N) is 1. The summed E-state index contributed by atoms with van der Waals surface area (Å²) < 4.78 is 25.6. The Kier molecular flexibility index (Phi) is 5.46. The molecular formula is C12H18N2O4S. The Morgan fingerprint density at radius 3 is 2.63 bits per heavy atom. The second kappa shape index (κ2) is 6.65. The van der Waals surface area contributed by atoms with E-state index in [-0.39, 0.29) is 19.6 Å². The van der Waals surface area contributed by atoms with E-state index >= 15 is 0 Å². The van der Waals surface area contributed by atoms with Crippen LogP contribution in [0.5, 0.6) is 0 Å². The summed E-state index contributed by atoms with van der Waals surface area (Å²) in [6, 6.07) is 0. The summed E-state index contributed by atoms with van der Waals surface area (Å²) in [5.74, 6) is -1.12. The molecule has 1 saturated heterocycles. The highest BCUT2D eigenvalue weighted by molar-refractivity contribution is 7.90. The molecule has 1 rings (SSSR count). The van der Waals surface area contributed by atoms with Gasteiger partial charge in [-0.15, -0.1) is 0 Å². The average Bonchev–Trinajstić information content (AvgIpc) is 2.29. The fourth-order valence-corrected chi connectivity index (χ4v) is 2.44. The van der Waals surface area contributed by atoms with Crippen LogP contribution >= 0.6 is 0 Å². The number of nitrogens with zero attached hydrogens (tertiary/aromatic N) is 1. The van der Waals surface area contributed by atoms with Crippen LogP contribution < -0.4 is 4.72 Å². The van der Waals surface area contributed by atoms with Crippen LogP contribution in [0.25, 0.3) is 0 Å². The molecule has 6 nitrogen and oxygen atoms in total. The average molecular weight is 286 g/mol. The Labute approximate surface area is 113 Å². The lowest BCUT2D eigenvalue weighted by atomic mass is 10.2. The molecule has 0 bridgehead atoms. The highest BCUT2D eigenvalue weighted by atomic mass is 32.2. The van der Waals surface area contributed by atoms with Gasteiger partial charge in [0.1, 0.15) is 5.75 Å². The maximum Gasteiger partial charge on any atom is 0.239 e. The van der Waals surface area contributed by atoms with Crippen molar-refractivity contribution in [3.8, 4) is 0 Å². The second-order valence-corrected chi connectivity index (χ2v) is 6.09. The molecule has 1 heterocycles. The van der Waals surface area contributed by atoms with E-state index in [0.717, 1.165) is 0 Å². The number of rotatable bonds is 7. The first-order valence-electron chi connectivity index (χ1n) is 5.74. The van der Waals surface area contributed by atoms with Crippen molar-refractivity contribution >= 4 is 15.9 Å². The molecule has 1 amide bonds. The van der Waals surface area contributed by atoms with Crippen LogP contribution in [0.2, 0.25) is 0 Å². The summed E-state index contributed by atoms with van der Waals surface area (Å²) in [5, 5.41) is 9.04. The molecule has 7 heteroatoms. The molecule has 106 valence electrons. The van der Waals surface area contributed by atoms with Crippen LogP contribution in [-0.4, -0.2) is 55.8 Å². The summed E-state index contributed by atoms with van der Waals surface area (Å²) in [6.07, 6.45) is 4.29. The lowest BCUT2D eigenvalue weighted by molar-refractivity contribution is -0.138. The summed E-state index contributed by atoms with van der Waals surface area (Å²) in [4.78, 5) is 12.9. The third-order valence-electron chi connectivity index (χ3n) is 2.52. The van der Waals surface area contributed by atoms with Crippen LogP contribution in [0.15, 0.2) is 37.0 Å². The highest BCUT2D eigenvalue weighted by Gasteiger charge is 2.31. The number of hydrogen-bond acceptors (Lipinski definition) is 4. The van der Waals surface area contributed by atoms with Crippen LogP contribution in [0.4, 0.5) is 0 Å². The van der Waals surface area contributed by atoms with E-state index in [2.05, 4.69) is 17.9 Å². The van der Waals surface area contributed by atoms with E-state index in [9.17, 15) is 13.2 Å². The summed E-state index contributed by atoms with van der Waals surface area (Å²) in [7, 11) is -3.68. The number of sulfonamides is 1. The van der Waals surface area contributed by atoms with Gasteiger partial charge in [-0.2, -0.15) is 0 Å². The molecule has 0 unspecified atom stereocenters. The maximum atomic E-state index is 11.6. The number of carbonyl (C=O) groups is 1. The monoisotopic (exact) mass is 286 g/mol. The fraction of sp³-hybridized carbons (Fsp3) is 0.417. The van der Waals surface area contributed by atoms with E-state index in [0.29, 0.717) is 5.57 Å². The minimum absolute atomic E-state index is 0.0442. The van der Waals surface area contributed by atoms with Gasteiger partial charge < -0.3 is 10.0 Å². The first-order valence-corrected chi connectivity index (χ1v) is 7.39. The minimum atomic E-state index is -3.68. The summed E-state index contributed by atoms with van der Waals surface area (Å²) in [5.41, 5.74) is 0.565. The van der Waals surface area contributed by atoms with E-state index < -0.39 is 27.8 Å². The largest absolute Gasteiger partial charge is 0.389 e. The van der Waals surface area contributed by atoms with Crippen molar-refractivity contribution in [2.45, 2.75) is 6.10 Å². The number of carbonyl (C=O) groups excluding carboxylic acids is 1. The van der Waals surface area contributed by atoms with Crippen molar-refractivity contribution in [3.05, 3.63) is 37.0 Å². The van der Waals surface area contributed by atoms with E-state index in [1.165, 1.54) is 4.90 Å². The number of likely N-dealkylation sites (tertiary alicyclic amines) is 1. The minimum Gasteiger partial charge on any atom is -0.389 e. The second-order valence-electron chi connectivity index (χ2n) is 4.29. The SMILES string of the molecule is C=CC=CC(=C)CNS(=O)(=O)CC(=O)N1CC(O)C1. The molecule has 0 radical (unpaired) electrons. The zero-order valence-electron chi connectivity index (χ0n) is 10.6. The highest BCUT2D eigenvalue weighted by Crippen LogP contribution is 2.08. The van der Waals surface area contributed by atoms with Gasteiger partial charge in [0.05, 0.1) is 6.10 Å². The van der Waals surface area contributed by atoms with Gasteiger partial charge in [-0.25, -0.2) is 13.1 Å².